The number of rotatable bonds is 2. The van der Waals surface area contributed by atoms with Crippen molar-refractivity contribution in [1.82, 2.24) is 0 Å². The van der Waals surface area contributed by atoms with E-state index in [-0.39, 0.29) is 11.1 Å². The second-order valence-corrected chi connectivity index (χ2v) is 3.80. The Balaban J connectivity index is 2.44. The van der Waals surface area contributed by atoms with E-state index in [1.54, 1.807) is 0 Å². The lowest BCUT2D eigenvalue weighted by Gasteiger charge is -2.10. The molecule has 0 fully saturated rings. The highest BCUT2D eigenvalue weighted by atomic mass is 19.4. The van der Waals surface area contributed by atoms with E-state index in [0.29, 0.717) is 6.07 Å². The van der Waals surface area contributed by atoms with Crippen molar-refractivity contribution in [3.8, 4) is 16.9 Å². The molecule has 0 heterocycles. The van der Waals surface area contributed by atoms with Gasteiger partial charge in [0.05, 0.1) is 0 Å². The Morgan fingerprint density at radius 1 is 0.850 bits per heavy atom. The van der Waals surface area contributed by atoms with Gasteiger partial charge in [-0.2, -0.15) is 0 Å². The first-order chi connectivity index (χ1) is 9.28. The number of alkyl halides is 3. The summed E-state index contributed by atoms with van der Waals surface area (Å²) in [4.78, 5) is 0. The molecule has 0 bridgehead atoms. The van der Waals surface area contributed by atoms with E-state index in [1.807, 2.05) is 0 Å². The summed E-state index contributed by atoms with van der Waals surface area (Å²) in [5, 5.41) is 0. The van der Waals surface area contributed by atoms with E-state index >= 15 is 0 Å². The molecule has 0 spiro atoms. The van der Waals surface area contributed by atoms with Crippen LogP contribution in [0.4, 0.5) is 26.3 Å². The van der Waals surface area contributed by atoms with Crippen molar-refractivity contribution in [2.45, 2.75) is 6.36 Å². The van der Waals surface area contributed by atoms with Gasteiger partial charge in [-0.3, -0.25) is 0 Å². The summed E-state index contributed by atoms with van der Waals surface area (Å²) < 4.78 is 79.3. The third-order valence-electron chi connectivity index (χ3n) is 2.41. The van der Waals surface area contributed by atoms with Gasteiger partial charge in [0, 0.05) is 5.56 Å². The first-order valence-corrected chi connectivity index (χ1v) is 5.27. The van der Waals surface area contributed by atoms with E-state index in [1.165, 1.54) is 12.1 Å². The van der Waals surface area contributed by atoms with Crippen LogP contribution in [0.5, 0.6) is 5.75 Å². The van der Waals surface area contributed by atoms with Gasteiger partial charge in [0.1, 0.15) is 5.75 Å². The fourth-order valence-electron chi connectivity index (χ4n) is 1.61. The van der Waals surface area contributed by atoms with Crippen molar-refractivity contribution in [3.05, 3.63) is 53.8 Å². The smallest absolute Gasteiger partial charge is 0.406 e. The van der Waals surface area contributed by atoms with Gasteiger partial charge in [-0.15, -0.1) is 13.2 Å². The maximum absolute atomic E-state index is 13.5. The number of benzene rings is 2. The van der Waals surface area contributed by atoms with Crippen LogP contribution in [0.3, 0.4) is 0 Å². The normalized spacial score (nSPS) is 11.5. The summed E-state index contributed by atoms with van der Waals surface area (Å²) in [5.41, 5.74) is -0.431. The van der Waals surface area contributed by atoms with Gasteiger partial charge >= 0.3 is 6.36 Å². The monoisotopic (exact) mass is 292 g/mol. The van der Waals surface area contributed by atoms with Crippen LogP contribution in [-0.4, -0.2) is 6.36 Å². The van der Waals surface area contributed by atoms with E-state index in [0.717, 1.165) is 18.2 Å². The van der Waals surface area contributed by atoms with Crippen LogP contribution in [0.25, 0.3) is 11.1 Å². The van der Waals surface area contributed by atoms with Crippen molar-refractivity contribution in [3.63, 3.8) is 0 Å². The maximum Gasteiger partial charge on any atom is 0.573 e. The molecule has 1 nitrogen and oxygen atoms in total. The van der Waals surface area contributed by atoms with Gasteiger partial charge < -0.3 is 4.74 Å². The first kappa shape index (κ1) is 14.2. The lowest BCUT2D eigenvalue weighted by Crippen LogP contribution is -2.17. The van der Waals surface area contributed by atoms with Crippen LogP contribution in [-0.2, 0) is 0 Å². The molecule has 2 aromatic rings. The molecule has 2 aromatic carbocycles. The molecule has 0 saturated heterocycles. The summed E-state index contributed by atoms with van der Waals surface area (Å²) in [6.45, 7) is 0. The summed E-state index contributed by atoms with van der Waals surface area (Å²) in [6, 6.07) is 5.93. The Kier molecular flexibility index (Phi) is 3.61. The third kappa shape index (κ3) is 3.04. The fourth-order valence-corrected chi connectivity index (χ4v) is 1.61. The highest BCUT2D eigenvalue weighted by molar-refractivity contribution is 5.65. The summed E-state index contributed by atoms with van der Waals surface area (Å²) in [5.74, 6) is -5.13. The van der Waals surface area contributed by atoms with E-state index in [2.05, 4.69) is 4.74 Å². The van der Waals surface area contributed by atoms with Crippen LogP contribution in [0, 0.1) is 17.5 Å². The zero-order chi connectivity index (χ0) is 14.9. The Morgan fingerprint density at radius 3 is 2.20 bits per heavy atom. The minimum Gasteiger partial charge on any atom is -0.406 e. The highest BCUT2D eigenvalue weighted by Crippen LogP contribution is 2.30. The van der Waals surface area contributed by atoms with Crippen molar-refractivity contribution in [2.75, 3.05) is 0 Å². The van der Waals surface area contributed by atoms with Crippen molar-refractivity contribution < 1.29 is 31.1 Å². The molecule has 20 heavy (non-hydrogen) atoms. The molecule has 0 unspecified atom stereocenters. The van der Waals surface area contributed by atoms with Crippen molar-refractivity contribution in [2.24, 2.45) is 0 Å². The molecule has 0 aliphatic heterocycles. The SMILES string of the molecule is Fc1ccc(-c2cccc(OC(F)(F)F)c2)c(F)c1F. The van der Waals surface area contributed by atoms with Gasteiger partial charge in [-0.1, -0.05) is 12.1 Å². The minimum atomic E-state index is -4.90. The Labute approximate surface area is 109 Å². The van der Waals surface area contributed by atoms with Gasteiger partial charge in [0.15, 0.2) is 17.5 Å². The molecule has 0 atom stereocenters. The molecule has 0 N–H and O–H groups in total. The van der Waals surface area contributed by atoms with E-state index in [9.17, 15) is 26.3 Å². The van der Waals surface area contributed by atoms with Crippen LogP contribution >= 0.6 is 0 Å². The molecule has 7 heteroatoms. The highest BCUT2D eigenvalue weighted by Gasteiger charge is 2.31. The summed E-state index contributed by atoms with van der Waals surface area (Å²) in [6.07, 6.45) is -4.90. The number of hydrogen-bond acceptors (Lipinski definition) is 1. The van der Waals surface area contributed by atoms with E-state index in [4.69, 9.17) is 0 Å². The molecule has 0 radical (unpaired) electrons. The Bertz CT molecular complexity index is 635. The van der Waals surface area contributed by atoms with Crippen LogP contribution in [0.1, 0.15) is 0 Å². The Hall–Kier alpha value is -2.18. The van der Waals surface area contributed by atoms with Gasteiger partial charge in [-0.05, 0) is 29.8 Å². The zero-order valence-electron chi connectivity index (χ0n) is 9.64. The Morgan fingerprint density at radius 2 is 1.55 bits per heavy atom. The predicted molar refractivity (Wildman–Crippen MR) is 58.4 cm³/mol. The molecule has 2 rings (SSSR count). The average Bonchev–Trinajstić information content (AvgIpc) is 2.34. The molecule has 106 valence electrons. The number of halogens is 6. The lowest BCUT2D eigenvalue weighted by atomic mass is 10.0. The summed E-state index contributed by atoms with van der Waals surface area (Å²) >= 11 is 0. The molecule has 0 saturated carbocycles. The second-order valence-electron chi connectivity index (χ2n) is 3.80. The molecular weight excluding hydrogens is 286 g/mol. The number of ether oxygens (including phenoxy) is 1. The molecule has 0 amide bonds. The molecule has 0 aliphatic rings. The minimum absolute atomic E-state index is 0.0665. The lowest BCUT2D eigenvalue weighted by molar-refractivity contribution is -0.274. The van der Waals surface area contributed by atoms with E-state index < -0.39 is 29.6 Å². The van der Waals surface area contributed by atoms with Crippen LogP contribution in [0.15, 0.2) is 36.4 Å². The zero-order valence-corrected chi connectivity index (χ0v) is 9.64. The molecular formula is C13H6F6O. The van der Waals surface area contributed by atoms with Gasteiger partial charge in [0.25, 0.3) is 0 Å². The largest absolute Gasteiger partial charge is 0.573 e. The summed E-state index contributed by atoms with van der Waals surface area (Å²) in [7, 11) is 0. The second kappa shape index (κ2) is 5.07. The third-order valence-corrected chi connectivity index (χ3v) is 2.41. The van der Waals surface area contributed by atoms with Gasteiger partial charge in [-0.25, -0.2) is 13.2 Å². The number of hydrogen-bond donors (Lipinski definition) is 0. The molecule has 0 aliphatic carbocycles. The molecule has 0 aromatic heterocycles. The van der Waals surface area contributed by atoms with Gasteiger partial charge in [0.2, 0.25) is 0 Å². The predicted octanol–water partition coefficient (Wildman–Crippen LogP) is 4.67. The van der Waals surface area contributed by atoms with Crippen LogP contribution in [0.2, 0.25) is 0 Å². The van der Waals surface area contributed by atoms with Crippen molar-refractivity contribution >= 4 is 0 Å². The van der Waals surface area contributed by atoms with Crippen molar-refractivity contribution in [1.29, 1.82) is 0 Å². The fraction of sp³-hybridized carbons (Fsp3) is 0.0769. The first-order valence-electron chi connectivity index (χ1n) is 5.27. The quantitative estimate of drug-likeness (QED) is 0.577. The average molecular weight is 292 g/mol. The van der Waals surface area contributed by atoms with Crippen LogP contribution < -0.4 is 4.74 Å². The topological polar surface area (TPSA) is 9.23 Å². The standard InChI is InChI=1S/C13H6F6O/c14-10-5-4-9(11(15)12(10)16)7-2-1-3-8(6-7)20-13(17,18)19/h1-6H. The maximum atomic E-state index is 13.5.